The second-order valence-electron chi connectivity index (χ2n) is 8.33. The molecule has 1 saturated heterocycles. The molecule has 1 unspecified atom stereocenters. The van der Waals surface area contributed by atoms with E-state index in [9.17, 15) is 14.7 Å². The fraction of sp³-hybridized carbons (Fsp3) is 0.185. The van der Waals surface area contributed by atoms with Crippen molar-refractivity contribution in [1.82, 2.24) is 10.2 Å². The van der Waals surface area contributed by atoms with Gasteiger partial charge in [-0.2, -0.15) is 0 Å². The van der Waals surface area contributed by atoms with Crippen molar-refractivity contribution in [1.29, 1.82) is 0 Å². The average Bonchev–Trinajstić information content (AvgIpc) is 2.85. The number of nitrogens with one attached hydrogen (secondary N) is 1. The van der Waals surface area contributed by atoms with Gasteiger partial charge in [-0.3, -0.25) is 14.5 Å². The third-order valence-electron chi connectivity index (χ3n) is 6.18. The van der Waals surface area contributed by atoms with Crippen LogP contribution >= 0.6 is 11.8 Å². The Morgan fingerprint density at radius 1 is 0.970 bits per heavy atom. The van der Waals surface area contributed by atoms with Crippen LogP contribution in [-0.4, -0.2) is 38.5 Å². The van der Waals surface area contributed by atoms with E-state index < -0.39 is 5.54 Å². The lowest BCUT2D eigenvalue weighted by Crippen LogP contribution is -2.80. The molecule has 166 valence electrons. The number of hydrogen-bond donors (Lipinski definition) is 2. The van der Waals surface area contributed by atoms with Gasteiger partial charge in [-0.25, -0.2) is 0 Å². The zero-order valence-corrected chi connectivity index (χ0v) is 18.7. The number of thioether (sulfide) groups is 1. The molecule has 5 rings (SSSR count). The van der Waals surface area contributed by atoms with Crippen molar-refractivity contribution in [3.63, 3.8) is 0 Å². The topological polar surface area (TPSA) is 69.6 Å². The largest absolute Gasteiger partial charge is 0.510 e. The van der Waals surface area contributed by atoms with Crippen LogP contribution in [0.15, 0.2) is 103 Å². The highest BCUT2D eigenvalue weighted by Gasteiger charge is 2.66. The molecule has 2 N–H and O–H groups in total. The van der Waals surface area contributed by atoms with Crippen molar-refractivity contribution in [2.24, 2.45) is 0 Å². The van der Waals surface area contributed by atoms with E-state index in [0.717, 1.165) is 16.7 Å². The maximum absolute atomic E-state index is 13.8. The summed E-state index contributed by atoms with van der Waals surface area (Å²) >= 11 is 1.47. The smallest absolute Gasteiger partial charge is 0.257 e. The fourth-order valence-corrected chi connectivity index (χ4v) is 6.08. The monoisotopic (exact) mass is 456 g/mol. The Balaban J connectivity index is 1.60. The number of amides is 2. The van der Waals surface area contributed by atoms with Crippen LogP contribution in [0, 0.1) is 0 Å². The van der Waals surface area contributed by atoms with Gasteiger partial charge in [-0.1, -0.05) is 91.0 Å². The van der Waals surface area contributed by atoms with E-state index in [4.69, 9.17) is 0 Å². The van der Waals surface area contributed by atoms with E-state index in [1.54, 1.807) is 4.90 Å². The summed E-state index contributed by atoms with van der Waals surface area (Å²) in [5.41, 5.74) is 1.63. The van der Waals surface area contributed by atoms with E-state index in [0.29, 0.717) is 5.75 Å². The number of rotatable bonds is 6. The molecule has 2 atom stereocenters. The molecular formula is C27H24N2O3S. The molecule has 5 nitrogen and oxygen atoms in total. The van der Waals surface area contributed by atoms with Gasteiger partial charge in [0.15, 0.2) is 5.54 Å². The van der Waals surface area contributed by atoms with E-state index >= 15 is 0 Å². The minimum atomic E-state index is -1.17. The molecule has 1 fully saturated rings. The summed E-state index contributed by atoms with van der Waals surface area (Å²) in [6, 6.07) is 29.2. The average molecular weight is 457 g/mol. The van der Waals surface area contributed by atoms with E-state index in [-0.39, 0.29) is 35.3 Å². The summed E-state index contributed by atoms with van der Waals surface area (Å²) in [6.07, 6.45) is 1.68. The summed E-state index contributed by atoms with van der Waals surface area (Å²) in [5.74, 6) is -0.253. The number of β-lactam (4-membered cyclic amide) rings is 1. The Kier molecular flexibility index (Phi) is 5.68. The molecule has 33 heavy (non-hydrogen) atoms. The molecular weight excluding hydrogens is 432 g/mol. The quantitative estimate of drug-likeness (QED) is 0.545. The van der Waals surface area contributed by atoms with Crippen LogP contribution in [0.25, 0.3) is 0 Å². The highest BCUT2D eigenvalue weighted by Crippen LogP contribution is 2.51. The molecule has 3 aromatic carbocycles. The minimum absolute atomic E-state index is 0.157. The SMILES string of the molecule is O=C(Cc1ccccc1)NC1(C(c2ccccc2)c2ccccc2)C(=O)N2C=C(O)CS[C@H]21. The predicted molar refractivity (Wildman–Crippen MR) is 130 cm³/mol. The fourth-order valence-electron chi connectivity index (χ4n) is 4.80. The molecule has 0 aliphatic carbocycles. The molecule has 2 heterocycles. The first kappa shape index (κ1) is 21.3. The first-order chi connectivity index (χ1) is 16.1. The van der Waals surface area contributed by atoms with E-state index in [2.05, 4.69) is 5.32 Å². The number of benzene rings is 3. The lowest BCUT2D eigenvalue weighted by atomic mass is 9.69. The lowest BCUT2D eigenvalue weighted by Gasteiger charge is -2.58. The van der Waals surface area contributed by atoms with Gasteiger partial charge in [0, 0.05) is 12.1 Å². The van der Waals surface area contributed by atoms with Gasteiger partial charge in [0.05, 0.1) is 12.2 Å². The Morgan fingerprint density at radius 2 is 1.52 bits per heavy atom. The van der Waals surface area contributed by atoms with Gasteiger partial charge in [-0.15, -0.1) is 11.8 Å². The second kappa shape index (κ2) is 8.79. The van der Waals surface area contributed by atoms with Crippen LogP contribution in [0.2, 0.25) is 0 Å². The molecule has 0 radical (unpaired) electrons. The molecule has 0 spiro atoms. The van der Waals surface area contributed by atoms with Crippen molar-refractivity contribution in [3.8, 4) is 0 Å². The van der Waals surface area contributed by atoms with E-state index in [1.807, 2.05) is 91.0 Å². The predicted octanol–water partition coefficient (Wildman–Crippen LogP) is 4.23. The van der Waals surface area contributed by atoms with E-state index in [1.165, 1.54) is 18.0 Å². The molecule has 3 aromatic rings. The molecule has 2 aliphatic rings. The van der Waals surface area contributed by atoms with Crippen molar-refractivity contribution < 1.29 is 14.7 Å². The third-order valence-corrected chi connectivity index (χ3v) is 7.56. The third kappa shape index (κ3) is 3.80. The number of carbonyl (C=O) groups excluding carboxylic acids is 2. The standard InChI is InChI=1S/C27H24N2O3S/c30-22-17-29-25(32)27(26(29)33-18-22,28-23(31)16-19-10-4-1-5-11-19)24(20-12-6-2-7-13-20)21-14-8-3-9-15-21/h1-15,17,24,26,30H,16,18H2,(H,28,31)/t26-,27?/m0/s1. The zero-order chi connectivity index (χ0) is 22.8. The van der Waals surface area contributed by atoms with Crippen molar-refractivity contribution >= 4 is 23.6 Å². The summed E-state index contributed by atoms with van der Waals surface area (Å²) in [4.78, 5) is 28.6. The lowest BCUT2D eigenvalue weighted by molar-refractivity contribution is -0.155. The van der Waals surface area contributed by atoms with Crippen LogP contribution in [-0.2, 0) is 16.0 Å². The van der Waals surface area contributed by atoms with Gasteiger partial charge in [-0.05, 0) is 16.7 Å². The van der Waals surface area contributed by atoms with Crippen LogP contribution in [0.5, 0.6) is 0 Å². The molecule has 2 amide bonds. The summed E-state index contributed by atoms with van der Waals surface area (Å²) < 4.78 is 0. The maximum Gasteiger partial charge on any atom is 0.257 e. The normalized spacial score (nSPS) is 21.7. The van der Waals surface area contributed by atoms with Crippen molar-refractivity contribution in [2.75, 3.05) is 5.75 Å². The zero-order valence-electron chi connectivity index (χ0n) is 17.9. The van der Waals surface area contributed by atoms with Gasteiger partial charge in [0.2, 0.25) is 5.91 Å². The number of fused-ring (bicyclic) bond motifs is 1. The number of nitrogens with zero attached hydrogens (tertiary/aromatic N) is 1. The second-order valence-corrected chi connectivity index (χ2v) is 9.40. The first-order valence-corrected chi connectivity index (χ1v) is 11.9. The number of aliphatic hydroxyl groups excluding tert-OH is 1. The Hall–Kier alpha value is -3.51. The number of hydrogen-bond acceptors (Lipinski definition) is 4. The van der Waals surface area contributed by atoms with Crippen LogP contribution < -0.4 is 5.32 Å². The molecule has 0 bridgehead atoms. The Morgan fingerprint density at radius 3 is 2.09 bits per heavy atom. The summed E-state index contributed by atoms with van der Waals surface area (Å²) in [7, 11) is 0. The molecule has 6 heteroatoms. The van der Waals surface area contributed by atoms with Crippen molar-refractivity contribution in [2.45, 2.75) is 23.3 Å². The van der Waals surface area contributed by atoms with Crippen LogP contribution in [0.1, 0.15) is 22.6 Å². The first-order valence-electron chi connectivity index (χ1n) is 10.9. The van der Waals surface area contributed by atoms with Crippen molar-refractivity contribution in [3.05, 3.63) is 120 Å². The van der Waals surface area contributed by atoms with Crippen LogP contribution in [0.4, 0.5) is 0 Å². The minimum Gasteiger partial charge on any atom is -0.510 e. The van der Waals surface area contributed by atoms with Gasteiger partial charge in [0.25, 0.3) is 5.91 Å². The Labute approximate surface area is 197 Å². The molecule has 0 saturated carbocycles. The Bertz CT molecular complexity index is 1140. The summed E-state index contributed by atoms with van der Waals surface area (Å²) in [6.45, 7) is 0. The number of aliphatic hydroxyl groups is 1. The highest BCUT2D eigenvalue weighted by atomic mass is 32.2. The van der Waals surface area contributed by atoms with Crippen LogP contribution in [0.3, 0.4) is 0 Å². The molecule has 0 aromatic heterocycles. The summed E-state index contributed by atoms with van der Waals surface area (Å²) in [5, 5.41) is 12.9. The maximum atomic E-state index is 13.8. The highest BCUT2D eigenvalue weighted by molar-refractivity contribution is 8.00. The van der Waals surface area contributed by atoms with Gasteiger partial charge >= 0.3 is 0 Å². The number of carbonyl (C=O) groups is 2. The van der Waals surface area contributed by atoms with Gasteiger partial charge < -0.3 is 10.4 Å². The van der Waals surface area contributed by atoms with Gasteiger partial charge in [0.1, 0.15) is 11.1 Å². The molecule has 2 aliphatic heterocycles.